The Morgan fingerprint density at radius 1 is 1.28 bits per heavy atom. The molecule has 2 heterocycles. The van der Waals surface area contributed by atoms with E-state index < -0.39 is 0 Å². The molecule has 18 heavy (non-hydrogen) atoms. The average Bonchev–Trinajstić information content (AvgIpc) is 2.88. The molecule has 0 amide bonds. The van der Waals surface area contributed by atoms with E-state index in [1.54, 1.807) is 6.07 Å². The van der Waals surface area contributed by atoms with Gasteiger partial charge < -0.3 is 4.90 Å². The lowest BCUT2D eigenvalue weighted by molar-refractivity contribution is 0.438. The minimum atomic E-state index is 0.571. The van der Waals surface area contributed by atoms with Crippen LogP contribution in [0, 0.1) is 5.92 Å². The number of rotatable bonds is 0. The summed E-state index contributed by atoms with van der Waals surface area (Å²) in [5.74, 6) is 1.76. The minimum absolute atomic E-state index is 0.571. The van der Waals surface area contributed by atoms with Crippen molar-refractivity contribution in [2.75, 3.05) is 0 Å². The van der Waals surface area contributed by atoms with Gasteiger partial charge in [-0.05, 0) is 31.4 Å². The van der Waals surface area contributed by atoms with Crippen LogP contribution in [0.25, 0.3) is 5.70 Å². The number of halogens is 2. The molecular weight excluding hydrogens is 267 g/mol. The molecular formula is C14H12Cl2N2. The molecule has 2 fully saturated rings. The fourth-order valence-corrected chi connectivity index (χ4v) is 4.08. The highest BCUT2D eigenvalue weighted by molar-refractivity contribution is 6.36. The molecule has 0 aromatic heterocycles. The maximum Gasteiger partial charge on any atom is 0.113 e. The van der Waals surface area contributed by atoms with Gasteiger partial charge in [-0.1, -0.05) is 29.8 Å². The van der Waals surface area contributed by atoms with Crippen LogP contribution in [0.5, 0.6) is 0 Å². The van der Waals surface area contributed by atoms with Crippen LogP contribution in [-0.4, -0.2) is 16.8 Å². The van der Waals surface area contributed by atoms with Crippen LogP contribution in [0.4, 0.5) is 5.69 Å². The van der Waals surface area contributed by atoms with Crippen LogP contribution in [0.3, 0.4) is 0 Å². The molecule has 3 aliphatic rings. The predicted octanol–water partition coefficient (Wildman–Crippen LogP) is 4.49. The lowest BCUT2D eigenvalue weighted by Gasteiger charge is -2.35. The number of nitrogens with zero attached hydrogens (tertiary/aromatic N) is 2. The fourth-order valence-electron chi connectivity index (χ4n) is 3.49. The highest BCUT2D eigenvalue weighted by Crippen LogP contribution is 2.49. The van der Waals surface area contributed by atoms with Crippen molar-refractivity contribution in [2.45, 2.75) is 25.3 Å². The van der Waals surface area contributed by atoms with Gasteiger partial charge >= 0.3 is 0 Å². The molecule has 2 atom stereocenters. The molecule has 4 heteroatoms. The summed E-state index contributed by atoms with van der Waals surface area (Å²) in [6.45, 7) is 4.23. The number of hydrogen-bond donors (Lipinski definition) is 0. The van der Waals surface area contributed by atoms with Crippen molar-refractivity contribution < 1.29 is 0 Å². The second-order valence-electron chi connectivity index (χ2n) is 5.23. The van der Waals surface area contributed by atoms with Gasteiger partial charge in [0, 0.05) is 28.2 Å². The van der Waals surface area contributed by atoms with Crippen molar-refractivity contribution >= 4 is 40.4 Å². The largest absolute Gasteiger partial charge is 0.326 e. The van der Waals surface area contributed by atoms with E-state index in [1.165, 1.54) is 25.1 Å². The maximum atomic E-state index is 6.29. The number of benzene rings is 1. The van der Waals surface area contributed by atoms with Crippen LogP contribution in [0.15, 0.2) is 23.7 Å². The van der Waals surface area contributed by atoms with E-state index in [2.05, 4.69) is 11.5 Å². The molecule has 1 aliphatic carbocycles. The Hall–Kier alpha value is -0.990. The molecule has 0 radical (unpaired) electrons. The normalized spacial score (nSPS) is 28.2. The summed E-state index contributed by atoms with van der Waals surface area (Å²) in [5.41, 5.74) is 2.80. The van der Waals surface area contributed by atoms with Crippen LogP contribution >= 0.6 is 23.2 Å². The summed E-state index contributed by atoms with van der Waals surface area (Å²) in [6.07, 6.45) is 3.69. The van der Waals surface area contributed by atoms with Crippen LogP contribution < -0.4 is 0 Å². The van der Waals surface area contributed by atoms with Crippen molar-refractivity contribution in [3.8, 4) is 0 Å². The van der Waals surface area contributed by atoms with Crippen molar-refractivity contribution in [3.63, 3.8) is 0 Å². The lowest BCUT2D eigenvalue weighted by atomic mass is 10.0. The number of hydrogen-bond acceptors (Lipinski definition) is 2. The Kier molecular flexibility index (Phi) is 2.13. The van der Waals surface area contributed by atoms with Gasteiger partial charge in [-0.2, -0.15) is 0 Å². The minimum Gasteiger partial charge on any atom is -0.326 e. The molecule has 2 bridgehead atoms. The second-order valence-corrected chi connectivity index (χ2v) is 6.08. The summed E-state index contributed by atoms with van der Waals surface area (Å²) in [4.78, 5) is 7.06. The molecule has 1 aromatic carbocycles. The quantitative estimate of drug-likeness (QED) is 0.683. The van der Waals surface area contributed by atoms with Gasteiger partial charge in [0.15, 0.2) is 0 Å². The molecule has 0 N–H and O–H groups in total. The molecule has 1 saturated heterocycles. The molecule has 2 aliphatic heterocycles. The highest BCUT2D eigenvalue weighted by Gasteiger charge is 2.46. The fraction of sp³-hybridized carbons (Fsp3) is 0.357. The van der Waals surface area contributed by atoms with Crippen molar-refractivity contribution in [1.29, 1.82) is 0 Å². The zero-order valence-corrected chi connectivity index (χ0v) is 11.3. The van der Waals surface area contributed by atoms with E-state index in [9.17, 15) is 0 Å². The highest BCUT2D eigenvalue weighted by atomic mass is 35.5. The summed E-state index contributed by atoms with van der Waals surface area (Å²) >= 11 is 12.3. The zero-order chi connectivity index (χ0) is 12.4. The van der Waals surface area contributed by atoms with E-state index in [1.807, 2.05) is 6.07 Å². The monoisotopic (exact) mass is 278 g/mol. The molecule has 2 nitrogen and oxygen atoms in total. The van der Waals surface area contributed by atoms with Crippen molar-refractivity contribution in [3.05, 3.63) is 34.3 Å². The van der Waals surface area contributed by atoms with E-state index in [0.29, 0.717) is 22.0 Å². The van der Waals surface area contributed by atoms with Gasteiger partial charge in [0.25, 0.3) is 0 Å². The third-order valence-electron chi connectivity index (χ3n) is 4.23. The Labute approximate surface area is 116 Å². The van der Waals surface area contributed by atoms with Crippen LogP contribution in [0.1, 0.15) is 24.8 Å². The zero-order valence-electron chi connectivity index (χ0n) is 9.79. The molecule has 2 unspecified atom stereocenters. The van der Waals surface area contributed by atoms with E-state index in [4.69, 9.17) is 28.2 Å². The number of aliphatic imine (C=N–C) groups is 1. The van der Waals surface area contributed by atoms with E-state index >= 15 is 0 Å². The number of piperidine rings is 1. The van der Waals surface area contributed by atoms with Gasteiger partial charge in [0.1, 0.15) is 5.84 Å². The predicted molar refractivity (Wildman–Crippen MR) is 75.6 cm³/mol. The molecule has 4 rings (SSSR count). The Bertz CT molecular complexity index is 606. The maximum absolute atomic E-state index is 6.29. The lowest BCUT2D eigenvalue weighted by Crippen LogP contribution is -2.37. The van der Waals surface area contributed by atoms with Gasteiger partial charge in [-0.25, -0.2) is 4.99 Å². The third kappa shape index (κ3) is 1.28. The topological polar surface area (TPSA) is 15.6 Å². The molecule has 0 spiro atoms. The number of fused-ring (bicyclic) bond motifs is 6. The third-order valence-corrected chi connectivity index (χ3v) is 4.75. The SMILES string of the molecule is C=C1c2c(Cl)cc(Cl)cc2N=C2C3CCC(C3)N12. The average molecular weight is 279 g/mol. The van der Waals surface area contributed by atoms with Crippen LogP contribution in [-0.2, 0) is 0 Å². The summed E-state index contributed by atoms with van der Waals surface area (Å²) in [6, 6.07) is 4.22. The van der Waals surface area contributed by atoms with Gasteiger partial charge in [-0.3, -0.25) is 0 Å². The molecule has 92 valence electrons. The van der Waals surface area contributed by atoms with Crippen molar-refractivity contribution in [2.24, 2.45) is 10.9 Å². The molecule has 1 saturated carbocycles. The molecule has 1 aromatic rings. The summed E-state index contributed by atoms with van der Waals surface area (Å²) in [7, 11) is 0. The number of amidine groups is 1. The first-order valence-electron chi connectivity index (χ1n) is 6.21. The van der Waals surface area contributed by atoms with Crippen molar-refractivity contribution in [1.82, 2.24) is 4.90 Å². The smallest absolute Gasteiger partial charge is 0.113 e. The first-order chi connectivity index (χ1) is 8.65. The van der Waals surface area contributed by atoms with Gasteiger partial charge in [-0.15, -0.1) is 0 Å². The Morgan fingerprint density at radius 3 is 2.94 bits per heavy atom. The Balaban J connectivity index is 1.95. The summed E-state index contributed by atoms with van der Waals surface area (Å²) in [5, 5.41) is 1.28. The second kappa shape index (κ2) is 3.52. The standard InChI is InChI=1S/C14H12Cl2N2/c1-7-13-11(16)5-9(15)6-12(13)17-14-8-2-3-10(4-8)18(7)14/h5-6,8,10H,1-4H2. The Morgan fingerprint density at radius 2 is 2.11 bits per heavy atom. The van der Waals surface area contributed by atoms with E-state index in [-0.39, 0.29) is 0 Å². The van der Waals surface area contributed by atoms with Gasteiger partial charge in [0.05, 0.1) is 10.7 Å². The van der Waals surface area contributed by atoms with Crippen LogP contribution in [0.2, 0.25) is 10.0 Å². The van der Waals surface area contributed by atoms with E-state index in [0.717, 1.165) is 16.9 Å². The first-order valence-corrected chi connectivity index (χ1v) is 6.97. The first kappa shape index (κ1) is 10.9. The van der Waals surface area contributed by atoms with Gasteiger partial charge in [0.2, 0.25) is 0 Å². The summed E-state index contributed by atoms with van der Waals surface area (Å²) < 4.78 is 0.